The number of aromatic nitrogens is 3. The third-order valence-corrected chi connectivity index (χ3v) is 3.77. The van der Waals surface area contributed by atoms with Crippen LogP contribution in [-0.2, 0) is 6.42 Å². The van der Waals surface area contributed by atoms with Crippen molar-refractivity contribution in [2.45, 2.75) is 27.2 Å². The van der Waals surface area contributed by atoms with E-state index in [2.05, 4.69) is 39.0 Å². The average molecular weight is 283 g/mol. The Balaban J connectivity index is 2.30. The summed E-state index contributed by atoms with van der Waals surface area (Å²) in [6.45, 7) is 6.23. The molecule has 2 aromatic rings. The van der Waals surface area contributed by atoms with Gasteiger partial charge in [-0.2, -0.15) is 0 Å². The van der Waals surface area contributed by atoms with E-state index in [4.69, 9.17) is 0 Å². The van der Waals surface area contributed by atoms with Gasteiger partial charge in [-0.25, -0.2) is 9.98 Å². The maximum atomic E-state index is 12.0. The molecule has 0 radical (unpaired) electrons. The van der Waals surface area contributed by atoms with Gasteiger partial charge in [-0.05, 0) is 37.5 Å². The van der Waals surface area contributed by atoms with Crippen molar-refractivity contribution in [1.29, 1.82) is 0 Å². The van der Waals surface area contributed by atoms with Gasteiger partial charge in [0.25, 0.3) is 5.56 Å². The van der Waals surface area contributed by atoms with E-state index in [0.717, 1.165) is 17.8 Å². The van der Waals surface area contributed by atoms with Crippen molar-refractivity contribution < 1.29 is 0 Å². The lowest BCUT2D eigenvalue weighted by molar-refractivity contribution is 1.03. The molecular weight excluding hydrogens is 266 g/mol. The van der Waals surface area contributed by atoms with E-state index < -0.39 is 0 Å². The molecule has 0 fully saturated rings. The van der Waals surface area contributed by atoms with Crippen LogP contribution in [0.3, 0.4) is 0 Å². The molecule has 21 heavy (non-hydrogen) atoms. The lowest BCUT2D eigenvalue weighted by Crippen LogP contribution is -2.34. The van der Waals surface area contributed by atoms with E-state index in [1.165, 1.54) is 11.1 Å². The molecule has 6 nitrogen and oxygen atoms in total. The molecule has 0 spiro atoms. The molecule has 0 atom stereocenters. The maximum absolute atomic E-state index is 12.0. The Kier molecular flexibility index (Phi) is 3.21. The Hall–Kier alpha value is -2.63. The molecule has 6 heteroatoms. The van der Waals surface area contributed by atoms with Gasteiger partial charge in [-0.3, -0.25) is 15.0 Å². The molecule has 0 unspecified atom stereocenters. The van der Waals surface area contributed by atoms with Crippen molar-refractivity contribution in [3.63, 3.8) is 0 Å². The highest BCUT2D eigenvalue weighted by atomic mass is 16.1. The molecule has 0 aromatic carbocycles. The summed E-state index contributed by atoms with van der Waals surface area (Å²) < 4.78 is 0. The van der Waals surface area contributed by atoms with Crippen molar-refractivity contribution >= 4 is 24.3 Å². The van der Waals surface area contributed by atoms with Gasteiger partial charge in [-0.1, -0.05) is 6.92 Å². The van der Waals surface area contributed by atoms with Gasteiger partial charge in [0.2, 0.25) is 0 Å². The zero-order valence-electron chi connectivity index (χ0n) is 12.2. The molecule has 0 saturated heterocycles. The molecule has 1 aliphatic rings. The van der Waals surface area contributed by atoms with E-state index >= 15 is 0 Å². The minimum Gasteiger partial charge on any atom is -0.359 e. The largest absolute Gasteiger partial charge is 0.359 e. The van der Waals surface area contributed by atoms with E-state index in [9.17, 15) is 4.79 Å². The van der Waals surface area contributed by atoms with Crippen LogP contribution >= 0.6 is 0 Å². The third kappa shape index (κ3) is 2.18. The van der Waals surface area contributed by atoms with Crippen LogP contribution in [0, 0.1) is 13.8 Å². The first kappa shape index (κ1) is 13.4. The predicted molar refractivity (Wildman–Crippen MR) is 84.3 cm³/mol. The summed E-state index contributed by atoms with van der Waals surface area (Å²) >= 11 is 0. The topological polar surface area (TPSA) is 89.2 Å². The monoisotopic (exact) mass is 283 g/mol. The Morgan fingerprint density at radius 1 is 1.19 bits per heavy atom. The first-order chi connectivity index (χ1) is 10.1. The molecule has 108 valence electrons. The second-order valence-corrected chi connectivity index (χ2v) is 5.01. The number of H-pyrrole nitrogens is 3. The Morgan fingerprint density at radius 3 is 2.52 bits per heavy atom. The van der Waals surface area contributed by atoms with Gasteiger partial charge >= 0.3 is 0 Å². The summed E-state index contributed by atoms with van der Waals surface area (Å²) in [5.74, 6) is 0.510. The fourth-order valence-corrected chi connectivity index (χ4v) is 2.69. The van der Waals surface area contributed by atoms with Crippen LogP contribution in [0.4, 0.5) is 0 Å². The van der Waals surface area contributed by atoms with Crippen LogP contribution in [0.1, 0.15) is 29.4 Å². The second-order valence-electron chi connectivity index (χ2n) is 5.01. The van der Waals surface area contributed by atoms with Crippen LogP contribution in [0.15, 0.2) is 14.8 Å². The van der Waals surface area contributed by atoms with Gasteiger partial charge in [0.05, 0.1) is 5.22 Å². The number of aliphatic imine (C=N–C) groups is 2. The minimum absolute atomic E-state index is 0.181. The van der Waals surface area contributed by atoms with Gasteiger partial charge < -0.3 is 4.98 Å². The van der Waals surface area contributed by atoms with Crippen molar-refractivity contribution in [3.8, 4) is 0 Å². The lowest BCUT2D eigenvalue weighted by Gasteiger charge is -1.95. The quantitative estimate of drug-likeness (QED) is 0.725. The van der Waals surface area contributed by atoms with Crippen LogP contribution in [0.25, 0.3) is 11.9 Å². The van der Waals surface area contributed by atoms with Crippen LogP contribution in [-0.4, -0.2) is 27.6 Å². The number of hydrogen-bond donors (Lipinski definition) is 3. The molecule has 0 aliphatic carbocycles. The fraction of sp³-hybridized carbons (Fsp3) is 0.267. The number of aromatic amines is 3. The zero-order valence-corrected chi connectivity index (χ0v) is 12.2. The molecule has 0 amide bonds. The number of nitrogens with zero attached hydrogens (tertiary/aromatic N) is 2. The maximum Gasteiger partial charge on any atom is 0.272 e. The molecule has 2 aromatic heterocycles. The molecular formula is C15H17N5O. The average Bonchev–Trinajstić information content (AvgIpc) is 3.14. The van der Waals surface area contributed by atoms with E-state index in [-0.39, 0.29) is 5.56 Å². The number of nitrogens with one attached hydrogen (secondary N) is 3. The SMILES string of the molecule is CCc1c(C)[nH]c(/C=c2/c(=O)[nH][nH]c2=C2N=CC=N2)c1C. The smallest absolute Gasteiger partial charge is 0.272 e. The van der Waals surface area contributed by atoms with Crippen molar-refractivity contribution in [2.75, 3.05) is 0 Å². The fourth-order valence-electron chi connectivity index (χ4n) is 2.69. The summed E-state index contributed by atoms with van der Waals surface area (Å²) in [5.41, 5.74) is 4.37. The zero-order chi connectivity index (χ0) is 15.0. The summed E-state index contributed by atoms with van der Waals surface area (Å²) in [4.78, 5) is 23.6. The number of rotatable bonds is 2. The van der Waals surface area contributed by atoms with E-state index in [0.29, 0.717) is 16.4 Å². The standard InChI is InChI=1S/C15H17N5O/c1-4-10-8(2)12(18-9(10)3)7-11-13(19-20-15(11)21)14-16-5-6-17-14/h5-7,18-19H,4H2,1-3H3,(H,20,21)/b11-7+. The minimum atomic E-state index is -0.181. The van der Waals surface area contributed by atoms with E-state index in [1.807, 2.05) is 13.0 Å². The van der Waals surface area contributed by atoms with Gasteiger partial charge in [0.15, 0.2) is 5.82 Å². The van der Waals surface area contributed by atoms with Crippen molar-refractivity contribution in [3.05, 3.63) is 43.4 Å². The summed E-state index contributed by atoms with van der Waals surface area (Å²) in [7, 11) is 0. The van der Waals surface area contributed by atoms with Crippen LogP contribution in [0.2, 0.25) is 0 Å². The van der Waals surface area contributed by atoms with Crippen molar-refractivity contribution in [1.82, 2.24) is 15.2 Å². The highest BCUT2D eigenvalue weighted by molar-refractivity contribution is 6.20. The molecule has 0 saturated carbocycles. The Labute approximate surface area is 121 Å². The van der Waals surface area contributed by atoms with Gasteiger partial charge in [0.1, 0.15) is 5.35 Å². The Morgan fingerprint density at radius 2 is 1.90 bits per heavy atom. The van der Waals surface area contributed by atoms with Crippen molar-refractivity contribution in [2.24, 2.45) is 9.98 Å². The molecule has 3 heterocycles. The van der Waals surface area contributed by atoms with E-state index in [1.54, 1.807) is 12.4 Å². The summed E-state index contributed by atoms with van der Waals surface area (Å²) in [5, 5.41) is 6.58. The van der Waals surface area contributed by atoms with Gasteiger partial charge in [-0.15, -0.1) is 0 Å². The first-order valence-electron chi connectivity index (χ1n) is 6.89. The van der Waals surface area contributed by atoms with Crippen LogP contribution in [0.5, 0.6) is 0 Å². The second kappa shape index (κ2) is 5.05. The first-order valence-corrected chi connectivity index (χ1v) is 6.89. The number of hydrogen-bond acceptors (Lipinski definition) is 3. The molecule has 3 rings (SSSR count). The summed E-state index contributed by atoms with van der Waals surface area (Å²) in [6.07, 6.45) is 6.01. The highest BCUT2D eigenvalue weighted by Gasteiger charge is 2.09. The third-order valence-electron chi connectivity index (χ3n) is 3.77. The van der Waals surface area contributed by atoms with Crippen LogP contribution < -0.4 is 16.1 Å². The molecule has 1 aliphatic heterocycles. The normalized spacial score (nSPS) is 14.6. The predicted octanol–water partition coefficient (Wildman–Crippen LogP) is 0.260. The number of aryl methyl sites for hydroxylation is 1. The molecule has 0 bridgehead atoms. The Bertz CT molecular complexity index is 906. The van der Waals surface area contributed by atoms with Gasteiger partial charge in [0, 0.05) is 23.8 Å². The summed E-state index contributed by atoms with van der Waals surface area (Å²) in [6, 6.07) is 0. The lowest BCUT2D eigenvalue weighted by atomic mass is 10.1. The molecule has 3 N–H and O–H groups in total. The highest BCUT2D eigenvalue weighted by Crippen LogP contribution is 2.18.